The topological polar surface area (TPSA) is 76.1 Å². The van der Waals surface area contributed by atoms with Crippen molar-refractivity contribution < 1.29 is 4.74 Å². The number of hydrogen-bond acceptors (Lipinski definition) is 5. The number of nitrogens with one attached hydrogen (secondary N) is 2. The summed E-state index contributed by atoms with van der Waals surface area (Å²) < 4.78 is 8.74. The lowest BCUT2D eigenvalue weighted by Crippen LogP contribution is -2.35. The highest BCUT2D eigenvalue weighted by Gasteiger charge is 2.41. The van der Waals surface area contributed by atoms with Crippen molar-refractivity contribution in [2.24, 2.45) is 5.92 Å². The lowest BCUT2D eigenvalue weighted by atomic mass is 9.73. The van der Waals surface area contributed by atoms with Gasteiger partial charge in [0, 0.05) is 34.2 Å². The maximum absolute atomic E-state index is 13.1. The van der Waals surface area contributed by atoms with Gasteiger partial charge >= 0.3 is 5.69 Å². The third-order valence-corrected chi connectivity index (χ3v) is 8.65. The number of rotatable bonds is 5. The fraction of sp³-hybridized carbons (Fsp3) is 0.385. The predicted octanol–water partition coefficient (Wildman–Crippen LogP) is 4.43. The van der Waals surface area contributed by atoms with E-state index in [0.29, 0.717) is 34.6 Å². The zero-order valence-corrected chi connectivity index (χ0v) is 20.6. The zero-order valence-electron chi connectivity index (χ0n) is 19.0. The van der Waals surface area contributed by atoms with Crippen LogP contribution in [0, 0.1) is 5.92 Å². The van der Waals surface area contributed by atoms with Crippen molar-refractivity contribution in [3.8, 4) is 5.75 Å². The van der Waals surface area contributed by atoms with Gasteiger partial charge < -0.3 is 15.0 Å². The van der Waals surface area contributed by atoms with Crippen LogP contribution in [0.4, 0.5) is 0 Å². The second-order valence-corrected chi connectivity index (χ2v) is 10.3. The molecule has 0 saturated carbocycles. The first kappa shape index (κ1) is 23.1. The molecule has 2 aromatic carbocycles. The molecule has 1 saturated heterocycles. The first-order valence-electron chi connectivity index (χ1n) is 11.7. The molecule has 2 aromatic heterocycles. The van der Waals surface area contributed by atoms with Crippen LogP contribution in [0.25, 0.3) is 20.3 Å². The summed E-state index contributed by atoms with van der Waals surface area (Å²) in [6, 6.07) is 14.5. The third kappa shape index (κ3) is 3.67. The van der Waals surface area contributed by atoms with E-state index < -0.39 is 0 Å². The molecule has 6 rings (SSSR count). The van der Waals surface area contributed by atoms with Gasteiger partial charge in [-0.25, -0.2) is 4.79 Å². The van der Waals surface area contributed by atoms with Crippen LogP contribution in [0.3, 0.4) is 0 Å². The Balaban J connectivity index is 0.00000241. The molecule has 2 aliphatic rings. The normalized spacial score (nSPS) is 21.3. The Morgan fingerprint density at radius 2 is 2.00 bits per heavy atom. The molecule has 4 aromatic rings. The number of fused-ring (bicyclic) bond motifs is 6. The highest BCUT2D eigenvalue weighted by Crippen LogP contribution is 2.46. The predicted molar refractivity (Wildman–Crippen MR) is 140 cm³/mol. The number of aromatic nitrogens is 2. The van der Waals surface area contributed by atoms with Crippen LogP contribution in [0.15, 0.2) is 52.1 Å². The molecular formula is C26H28ClN3O3S. The molecule has 0 radical (unpaired) electrons. The number of methoxy groups -OCH3 is 1. The second kappa shape index (κ2) is 9.21. The number of hydrogen-bond donors (Lipinski definition) is 2. The van der Waals surface area contributed by atoms with Crippen molar-refractivity contribution in [2.45, 2.75) is 44.2 Å². The summed E-state index contributed by atoms with van der Waals surface area (Å²) >= 11 is 1.45. The van der Waals surface area contributed by atoms with Gasteiger partial charge in [-0.1, -0.05) is 30.3 Å². The summed E-state index contributed by atoms with van der Waals surface area (Å²) in [5, 5.41) is 4.66. The lowest BCUT2D eigenvalue weighted by Gasteiger charge is -2.32. The lowest BCUT2D eigenvalue weighted by molar-refractivity contribution is 0.359. The van der Waals surface area contributed by atoms with Gasteiger partial charge in [0.15, 0.2) is 0 Å². The largest absolute Gasteiger partial charge is 0.496 e. The van der Waals surface area contributed by atoms with Gasteiger partial charge in [-0.2, -0.15) is 0 Å². The standard InChI is InChI=1S/C26H27N3O3S.ClH/c1-32-19-9-4-6-15-11-12-16-14-27-18(21(16)22(15)19)8-5-13-29-25(30)24-23(28-26(29)31)17-7-2-3-10-20(17)33-24;/h2-4,6-7,9-10,16,18,21,27H,5,8,11-14H2,1H3,(H,28,31);1H/t16-,18?,21-;/m0./s1. The van der Waals surface area contributed by atoms with Gasteiger partial charge in [0.05, 0.1) is 12.6 Å². The molecule has 1 aliphatic heterocycles. The molecule has 1 fully saturated rings. The van der Waals surface area contributed by atoms with Crippen molar-refractivity contribution in [2.75, 3.05) is 13.7 Å². The van der Waals surface area contributed by atoms with E-state index in [-0.39, 0.29) is 23.7 Å². The SMILES string of the molecule is COc1cccc2c1[C@@H]1C(CCCn3c(=O)[nH]c4c(sc5ccccc54)c3=O)NC[C@@H]1CC2.Cl. The smallest absolute Gasteiger partial charge is 0.328 e. The Labute approximate surface area is 207 Å². The number of aromatic amines is 1. The monoisotopic (exact) mass is 497 g/mol. The van der Waals surface area contributed by atoms with Gasteiger partial charge in [0.25, 0.3) is 5.56 Å². The molecule has 0 bridgehead atoms. The first-order valence-corrected chi connectivity index (χ1v) is 12.5. The van der Waals surface area contributed by atoms with E-state index in [9.17, 15) is 9.59 Å². The Kier molecular flexibility index (Phi) is 6.27. The number of H-pyrrole nitrogens is 1. The Hall–Kier alpha value is -2.61. The fourth-order valence-corrected chi connectivity index (χ4v) is 7.08. The summed E-state index contributed by atoms with van der Waals surface area (Å²) in [5.74, 6) is 2.02. The Morgan fingerprint density at radius 1 is 1.15 bits per heavy atom. The Morgan fingerprint density at radius 3 is 2.85 bits per heavy atom. The van der Waals surface area contributed by atoms with E-state index in [1.54, 1.807) is 7.11 Å². The molecule has 3 heterocycles. The molecule has 6 nitrogen and oxygen atoms in total. The maximum atomic E-state index is 13.1. The fourth-order valence-electron chi connectivity index (χ4n) is 5.97. The van der Waals surface area contributed by atoms with Crippen LogP contribution >= 0.6 is 23.7 Å². The summed E-state index contributed by atoms with van der Waals surface area (Å²) in [6.07, 6.45) is 3.97. The molecule has 8 heteroatoms. The zero-order chi connectivity index (χ0) is 22.5. The van der Waals surface area contributed by atoms with E-state index >= 15 is 0 Å². The first-order chi connectivity index (χ1) is 16.2. The molecule has 2 N–H and O–H groups in total. The van der Waals surface area contributed by atoms with Crippen LogP contribution in [0.2, 0.25) is 0 Å². The summed E-state index contributed by atoms with van der Waals surface area (Å²) in [7, 11) is 1.75. The second-order valence-electron chi connectivity index (χ2n) is 9.20. The van der Waals surface area contributed by atoms with Gasteiger partial charge in [-0.05, 0) is 55.8 Å². The molecular weight excluding hydrogens is 470 g/mol. The molecule has 178 valence electrons. The van der Waals surface area contributed by atoms with Gasteiger partial charge in [0.2, 0.25) is 0 Å². The minimum absolute atomic E-state index is 0. The molecule has 0 spiro atoms. The van der Waals surface area contributed by atoms with Crippen molar-refractivity contribution in [3.05, 3.63) is 74.4 Å². The van der Waals surface area contributed by atoms with E-state index in [1.165, 1.54) is 33.5 Å². The van der Waals surface area contributed by atoms with Gasteiger partial charge in [0.1, 0.15) is 10.4 Å². The maximum Gasteiger partial charge on any atom is 0.328 e. The minimum Gasteiger partial charge on any atom is -0.496 e. The van der Waals surface area contributed by atoms with Gasteiger partial charge in [-0.3, -0.25) is 9.36 Å². The average molecular weight is 498 g/mol. The van der Waals surface area contributed by atoms with Crippen molar-refractivity contribution in [3.63, 3.8) is 0 Å². The molecule has 0 amide bonds. The average Bonchev–Trinajstić information content (AvgIpc) is 3.42. The van der Waals surface area contributed by atoms with E-state index in [1.807, 2.05) is 24.3 Å². The summed E-state index contributed by atoms with van der Waals surface area (Å²) in [4.78, 5) is 28.9. The third-order valence-electron chi connectivity index (χ3n) is 7.49. The van der Waals surface area contributed by atoms with Crippen LogP contribution < -0.4 is 21.3 Å². The molecule has 34 heavy (non-hydrogen) atoms. The number of halogens is 1. The molecule has 1 aliphatic carbocycles. The number of aryl methyl sites for hydroxylation is 1. The number of ether oxygens (including phenoxy) is 1. The van der Waals surface area contributed by atoms with Crippen LogP contribution in [0.5, 0.6) is 5.75 Å². The highest BCUT2D eigenvalue weighted by atomic mass is 35.5. The highest BCUT2D eigenvalue weighted by molar-refractivity contribution is 7.25. The van der Waals surface area contributed by atoms with Crippen LogP contribution in [-0.4, -0.2) is 29.2 Å². The number of nitrogens with zero attached hydrogens (tertiary/aromatic N) is 1. The van der Waals surface area contributed by atoms with Crippen molar-refractivity contribution in [1.82, 2.24) is 14.9 Å². The number of thiophene rings is 1. The minimum atomic E-state index is -0.321. The van der Waals surface area contributed by atoms with E-state index in [0.717, 1.165) is 41.6 Å². The summed E-state index contributed by atoms with van der Waals surface area (Å²) in [6.45, 7) is 1.44. The van der Waals surface area contributed by atoms with E-state index in [2.05, 4.69) is 28.5 Å². The van der Waals surface area contributed by atoms with Crippen LogP contribution in [-0.2, 0) is 13.0 Å². The Bertz CT molecular complexity index is 1460. The number of benzene rings is 2. The quantitative estimate of drug-likeness (QED) is 0.427. The molecule has 3 atom stereocenters. The van der Waals surface area contributed by atoms with Crippen molar-refractivity contribution in [1.29, 1.82) is 0 Å². The van der Waals surface area contributed by atoms with E-state index in [4.69, 9.17) is 4.74 Å². The van der Waals surface area contributed by atoms with Crippen LogP contribution in [0.1, 0.15) is 36.3 Å². The molecule has 1 unspecified atom stereocenters. The summed E-state index contributed by atoms with van der Waals surface area (Å²) in [5.41, 5.74) is 2.91. The van der Waals surface area contributed by atoms with Gasteiger partial charge in [-0.15, -0.1) is 23.7 Å². The van der Waals surface area contributed by atoms with Crippen molar-refractivity contribution >= 4 is 44.0 Å².